The van der Waals surface area contributed by atoms with Gasteiger partial charge in [0.05, 0.1) is 18.1 Å². The number of hydrogen-bond donors (Lipinski definition) is 1. The maximum atomic E-state index is 12.8. The number of morpholine rings is 1. The summed E-state index contributed by atoms with van der Waals surface area (Å²) >= 11 is 1.60. The van der Waals surface area contributed by atoms with Gasteiger partial charge in [0.15, 0.2) is 0 Å². The molecule has 0 bridgehead atoms. The van der Waals surface area contributed by atoms with Crippen LogP contribution in [0.5, 0.6) is 0 Å². The number of thiophene rings is 1. The van der Waals surface area contributed by atoms with Crippen LogP contribution < -0.4 is 5.32 Å². The highest BCUT2D eigenvalue weighted by atomic mass is 32.1. The molecule has 1 N–H and O–H groups in total. The minimum absolute atomic E-state index is 0.0479. The summed E-state index contributed by atoms with van der Waals surface area (Å²) in [4.78, 5) is 29.5. The van der Waals surface area contributed by atoms with Gasteiger partial charge in [0.1, 0.15) is 0 Å². The number of rotatable bonds is 4. The minimum Gasteiger partial charge on any atom is -0.378 e. The number of carbonyl (C=O) groups is 2. The quantitative estimate of drug-likeness (QED) is 0.823. The van der Waals surface area contributed by atoms with Crippen LogP contribution in [0.15, 0.2) is 30.3 Å². The molecule has 5 nitrogen and oxygen atoms in total. The van der Waals surface area contributed by atoms with Crippen LogP contribution in [-0.2, 0) is 22.4 Å². The zero-order chi connectivity index (χ0) is 20.4. The lowest BCUT2D eigenvalue weighted by molar-refractivity contribution is -0.120. The van der Waals surface area contributed by atoms with Gasteiger partial charge < -0.3 is 15.0 Å². The van der Waals surface area contributed by atoms with Crippen molar-refractivity contribution in [3.05, 3.63) is 51.2 Å². The number of nitrogens with one attached hydrogen (secondary N) is 1. The van der Waals surface area contributed by atoms with Crippen LogP contribution in [0.1, 0.15) is 51.9 Å². The maximum Gasteiger partial charge on any atom is 0.264 e. The Morgan fingerprint density at radius 2 is 1.90 bits per heavy atom. The number of amides is 2. The summed E-state index contributed by atoms with van der Waals surface area (Å²) in [5, 5.41) is 3.07. The monoisotopic (exact) mass is 412 g/mol. The van der Waals surface area contributed by atoms with E-state index in [-0.39, 0.29) is 17.7 Å². The van der Waals surface area contributed by atoms with E-state index in [1.54, 1.807) is 11.3 Å². The van der Waals surface area contributed by atoms with Gasteiger partial charge in [0.25, 0.3) is 5.91 Å². The standard InChI is InChI=1S/C23H28N2O3S/c1-15(2)16-3-6-19(7-4-16)24-22(26)17-5-8-20-18(13-17)14-21(29-20)23(27)25-9-11-28-12-10-25/h3-4,6-7,14-15,17H,5,8-13H2,1-2H3,(H,24,26)/t17-/m1/s1. The van der Waals surface area contributed by atoms with Gasteiger partial charge in [-0.1, -0.05) is 26.0 Å². The number of carbonyl (C=O) groups excluding carboxylic acids is 2. The maximum absolute atomic E-state index is 12.8. The Morgan fingerprint density at radius 3 is 2.59 bits per heavy atom. The first-order valence-electron chi connectivity index (χ1n) is 10.4. The van der Waals surface area contributed by atoms with Crippen molar-refractivity contribution in [2.45, 2.75) is 39.0 Å². The molecule has 0 radical (unpaired) electrons. The molecule has 1 aromatic carbocycles. The average molecular weight is 413 g/mol. The number of nitrogens with zero attached hydrogens (tertiary/aromatic N) is 1. The van der Waals surface area contributed by atoms with Crippen molar-refractivity contribution in [3.8, 4) is 0 Å². The smallest absolute Gasteiger partial charge is 0.264 e. The molecule has 1 aliphatic carbocycles. The highest BCUT2D eigenvalue weighted by Gasteiger charge is 2.29. The van der Waals surface area contributed by atoms with Crippen molar-refractivity contribution in [2.24, 2.45) is 5.92 Å². The van der Waals surface area contributed by atoms with E-state index in [1.165, 1.54) is 10.4 Å². The van der Waals surface area contributed by atoms with E-state index < -0.39 is 0 Å². The van der Waals surface area contributed by atoms with E-state index in [9.17, 15) is 9.59 Å². The number of anilines is 1. The van der Waals surface area contributed by atoms with E-state index in [1.807, 2.05) is 23.1 Å². The predicted octanol–water partition coefficient (Wildman–Crippen LogP) is 4.09. The van der Waals surface area contributed by atoms with E-state index in [0.717, 1.165) is 29.0 Å². The second kappa shape index (κ2) is 8.67. The Bertz CT molecular complexity index is 882. The van der Waals surface area contributed by atoms with Crippen LogP contribution in [0, 0.1) is 5.92 Å². The molecule has 1 atom stereocenters. The molecule has 1 fully saturated rings. The Labute approximate surface area is 176 Å². The summed E-state index contributed by atoms with van der Waals surface area (Å²) < 4.78 is 5.34. The third-order valence-electron chi connectivity index (χ3n) is 5.81. The molecule has 6 heteroatoms. The number of hydrogen-bond acceptors (Lipinski definition) is 4. The molecule has 29 heavy (non-hydrogen) atoms. The second-order valence-corrected chi connectivity index (χ2v) is 9.31. The summed E-state index contributed by atoms with van der Waals surface area (Å²) in [7, 11) is 0. The van der Waals surface area contributed by atoms with Crippen molar-refractivity contribution >= 4 is 28.8 Å². The van der Waals surface area contributed by atoms with E-state index in [0.29, 0.717) is 38.6 Å². The van der Waals surface area contributed by atoms with Gasteiger partial charge in [0.2, 0.25) is 5.91 Å². The van der Waals surface area contributed by atoms with Crippen molar-refractivity contribution in [3.63, 3.8) is 0 Å². The Kier molecular flexibility index (Phi) is 6.01. The first-order chi connectivity index (χ1) is 14.0. The normalized spacial score (nSPS) is 19.1. The summed E-state index contributed by atoms with van der Waals surface area (Å²) in [6, 6.07) is 10.1. The first-order valence-corrected chi connectivity index (χ1v) is 11.2. The fourth-order valence-electron chi connectivity index (χ4n) is 3.97. The zero-order valence-corrected chi connectivity index (χ0v) is 17.9. The summed E-state index contributed by atoms with van der Waals surface area (Å²) in [6.45, 7) is 6.84. The summed E-state index contributed by atoms with van der Waals surface area (Å²) in [5.41, 5.74) is 3.27. The fraction of sp³-hybridized carbons (Fsp3) is 0.478. The van der Waals surface area contributed by atoms with Gasteiger partial charge in [-0.2, -0.15) is 0 Å². The SMILES string of the molecule is CC(C)c1ccc(NC(=O)[C@@H]2CCc3sc(C(=O)N4CCOCC4)cc3C2)cc1. The van der Waals surface area contributed by atoms with Crippen molar-refractivity contribution in [2.75, 3.05) is 31.6 Å². The molecule has 0 saturated carbocycles. The van der Waals surface area contributed by atoms with E-state index in [2.05, 4.69) is 31.3 Å². The van der Waals surface area contributed by atoms with Crippen molar-refractivity contribution in [1.29, 1.82) is 0 Å². The number of ether oxygens (including phenoxy) is 1. The second-order valence-electron chi connectivity index (χ2n) is 8.17. The molecule has 154 valence electrons. The molecular weight excluding hydrogens is 384 g/mol. The average Bonchev–Trinajstić information content (AvgIpc) is 3.17. The highest BCUT2D eigenvalue weighted by molar-refractivity contribution is 7.14. The van der Waals surface area contributed by atoms with Crippen molar-refractivity contribution in [1.82, 2.24) is 4.90 Å². The molecule has 0 unspecified atom stereocenters. The fourth-order valence-corrected chi connectivity index (χ4v) is 5.15. The summed E-state index contributed by atoms with van der Waals surface area (Å²) in [5.74, 6) is 0.594. The largest absolute Gasteiger partial charge is 0.378 e. The third kappa shape index (κ3) is 4.54. The number of aryl methyl sites for hydroxylation is 1. The van der Waals surface area contributed by atoms with Gasteiger partial charge in [-0.15, -0.1) is 11.3 Å². The molecule has 2 aliphatic rings. The molecule has 2 amide bonds. The van der Waals surface area contributed by atoms with E-state index >= 15 is 0 Å². The topological polar surface area (TPSA) is 58.6 Å². The lowest BCUT2D eigenvalue weighted by atomic mass is 9.87. The minimum atomic E-state index is -0.0479. The van der Waals surface area contributed by atoms with Crippen LogP contribution in [0.3, 0.4) is 0 Å². The first kappa shape index (κ1) is 20.1. The molecule has 1 aliphatic heterocycles. The zero-order valence-electron chi connectivity index (χ0n) is 17.1. The number of benzene rings is 1. The van der Waals surface area contributed by atoms with E-state index in [4.69, 9.17) is 4.74 Å². The van der Waals surface area contributed by atoms with Gasteiger partial charge in [-0.25, -0.2) is 0 Å². The Hall–Kier alpha value is -2.18. The molecule has 4 rings (SSSR count). The molecule has 2 aromatic rings. The Morgan fingerprint density at radius 1 is 1.17 bits per heavy atom. The highest BCUT2D eigenvalue weighted by Crippen LogP contribution is 2.33. The van der Waals surface area contributed by atoms with Crippen LogP contribution in [-0.4, -0.2) is 43.0 Å². The van der Waals surface area contributed by atoms with Gasteiger partial charge in [-0.3, -0.25) is 9.59 Å². The molecule has 1 saturated heterocycles. The molecule has 0 spiro atoms. The Balaban J connectivity index is 1.39. The van der Waals surface area contributed by atoms with Crippen LogP contribution in [0.4, 0.5) is 5.69 Å². The van der Waals surface area contributed by atoms with Crippen molar-refractivity contribution < 1.29 is 14.3 Å². The molecule has 1 aromatic heterocycles. The van der Waals surface area contributed by atoms with Gasteiger partial charge >= 0.3 is 0 Å². The van der Waals surface area contributed by atoms with Crippen LogP contribution in [0.2, 0.25) is 0 Å². The third-order valence-corrected chi connectivity index (χ3v) is 7.03. The molecule has 2 heterocycles. The lowest BCUT2D eigenvalue weighted by Crippen LogP contribution is -2.40. The predicted molar refractivity (Wildman–Crippen MR) is 116 cm³/mol. The number of fused-ring (bicyclic) bond motifs is 1. The van der Waals surface area contributed by atoms with Gasteiger partial charge in [0, 0.05) is 29.6 Å². The van der Waals surface area contributed by atoms with Crippen LogP contribution >= 0.6 is 11.3 Å². The van der Waals surface area contributed by atoms with Gasteiger partial charge in [-0.05, 0) is 54.5 Å². The summed E-state index contributed by atoms with van der Waals surface area (Å²) in [6.07, 6.45) is 2.40. The molecular formula is C23H28N2O3S. The van der Waals surface area contributed by atoms with Crippen LogP contribution in [0.25, 0.3) is 0 Å². The lowest BCUT2D eigenvalue weighted by Gasteiger charge is -2.26.